The van der Waals surface area contributed by atoms with Gasteiger partial charge in [-0.2, -0.15) is 0 Å². The monoisotopic (exact) mass is 457 g/mol. The molecule has 1 aliphatic heterocycles. The number of ketones is 1. The zero-order valence-electron chi connectivity index (χ0n) is 19.3. The molecule has 2 fully saturated rings. The Morgan fingerprint density at radius 1 is 1.12 bits per heavy atom. The Morgan fingerprint density at radius 2 is 1.72 bits per heavy atom. The number of rotatable bonds is 4. The number of hydrogen-bond acceptors (Lipinski definition) is 5. The molecule has 1 atom stereocenters. The summed E-state index contributed by atoms with van der Waals surface area (Å²) >= 11 is 0. The molecule has 1 aliphatic carbocycles. The van der Waals surface area contributed by atoms with E-state index in [0.717, 1.165) is 41.2 Å². The zero-order chi connectivity index (χ0) is 23.7. The summed E-state index contributed by atoms with van der Waals surface area (Å²) in [4.78, 5) is 39.8. The van der Waals surface area contributed by atoms with Crippen LogP contribution in [0.25, 0.3) is 0 Å². The highest BCUT2D eigenvalue weighted by Gasteiger charge is 2.51. The van der Waals surface area contributed by atoms with Crippen LogP contribution in [0.15, 0.2) is 12.1 Å². The van der Waals surface area contributed by atoms with Crippen molar-refractivity contribution in [1.29, 1.82) is 0 Å². The minimum atomic E-state index is -3.37. The van der Waals surface area contributed by atoms with E-state index >= 15 is 0 Å². The van der Waals surface area contributed by atoms with Crippen molar-refractivity contribution >= 4 is 27.8 Å². The van der Waals surface area contributed by atoms with E-state index in [1.54, 1.807) is 11.8 Å². The van der Waals surface area contributed by atoms with E-state index in [2.05, 4.69) is 11.8 Å². The number of likely N-dealkylation sites (tertiary alicyclic amines) is 1. The maximum atomic E-state index is 13.5. The molecular weight excluding hydrogens is 426 g/mol. The van der Waals surface area contributed by atoms with E-state index < -0.39 is 21.0 Å². The quantitative estimate of drug-likeness (QED) is 0.394. The summed E-state index contributed by atoms with van der Waals surface area (Å²) in [5.74, 6) is 5.00. The Bertz CT molecular complexity index is 1090. The minimum absolute atomic E-state index is 0.0600. The predicted molar refractivity (Wildman–Crippen MR) is 123 cm³/mol. The number of hydrogen-bond donors (Lipinski definition) is 0. The number of carbonyl (C=O) groups is 3. The van der Waals surface area contributed by atoms with Crippen molar-refractivity contribution < 1.29 is 22.8 Å². The molecule has 0 radical (unpaired) electrons. The second-order valence-corrected chi connectivity index (χ2v) is 11.6. The smallest absolute Gasteiger partial charge is 0.237 e. The summed E-state index contributed by atoms with van der Waals surface area (Å²) < 4.78 is 22.9. The summed E-state index contributed by atoms with van der Waals surface area (Å²) in [5, 5.41) is 0. The third-order valence-electron chi connectivity index (χ3n) is 7.09. The van der Waals surface area contributed by atoms with E-state index in [-0.39, 0.29) is 17.1 Å². The molecule has 7 heteroatoms. The van der Waals surface area contributed by atoms with Gasteiger partial charge in [0.1, 0.15) is 17.5 Å². The van der Waals surface area contributed by atoms with Crippen molar-refractivity contribution in [2.75, 3.05) is 25.1 Å². The minimum Gasteiger partial charge on any atom is -0.342 e. The summed E-state index contributed by atoms with van der Waals surface area (Å²) in [6.07, 6.45) is 4.65. The highest BCUT2D eigenvalue weighted by atomic mass is 32.2. The maximum absolute atomic E-state index is 13.5. The van der Waals surface area contributed by atoms with E-state index in [4.69, 9.17) is 0 Å². The Hall–Kier alpha value is -2.46. The van der Waals surface area contributed by atoms with Crippen LogP contribution < -0.4 is 0 Å². The Labute approximate surface area is 190 Å². The highest BCUT2D eigenvalue weighted by Crippen LogP contribution is 2.50. The molecule has 1 saturated carbocycles. The maximum Gasteiger partial charge on any atom is 0.237 e. The van der Waals surface area contributed by atoms with Gasteiger partial charge in [-0.25, -0.2) is 8.42 Å². The average Bonchev–Trinajstić information content (AvgIpc) is 2.69. The molecule has 0 aromatic heterocycles. The third kappa shape index (κ3) is 4.66. The molecule has 6 nitrogen and oxygen atoms in total. The molecule has 1 aromatic carbocycles. The first-order valence-electron chi connectivity index (χ1n) is 10.9. The molecule has 1 aromatic rings. The third-order valence-corrected chi connectivity index (χ3v) is 7.87. The van der Waals surface area contributed by atoms with Crippen molar-refractivity contribution in [2.45, 2.75) is 58.3 Å². The fourth-order valence-electron chi connectivity index (χ4n) is 5.49. The van der Waals surface area contributed by atoms with E-state index in [9.17, 15) is 22.8 Å². The number of Topliss-reactive ketones (excluding diaryl/α,β-unsaturated/α-hetero) is 1. The van der Waals surface area contributed by atoms with Crippen LogP contribution in [0.3, 0.4) is 0 Å². The van der Waals surface area contributed by atoms with Crippen LogP contribution in [0, 0.1) is 31.1 Å². The number of piperidine rings is 1. The molecular formula is C25H31NO5S. The standard InChI is InChI=1S/C25H31NO5S/c1-5-6-20-13-18(2)23(19(3)14-20)25(17-27)8-7-24(15-21(25)28)9-11-26(12-10-24)22(29)16-32(4,30)31/h13-14,17H,7-12,15-16H2,1-4H3. The summed E-state index contributed by atoms with van der Waals surface area (Å²) in [5.41, 5.74) is 2.11. The number of aldehydes is 1. The van der Waals surface area contributed by atoms with Crippen molar-refractivity contribution in [3.05, 3.63) is 34.4 Å². The lowest BCUT2D eigenvalue weighted by atomic mass is 9.57. The molecule has 1 heterocycles. The van der Waals surface area contributed by atoms with E-state index in [1.807, 2.05) is 26.0 Å². The van der Waals surface area contributed by atoms with E-state index in [0.29, 0.717) is 38.8 Å². The predicted octanol–water partition coefficient (Wildman–Crippen LogP) is 2.52. The SMILES string of the molecule is CC#Cc1cc(C)c(C2(C=O)CCC3(CCN(C(=O)CS(C)(=O)=O)CC3)CC2=O)c(C)c1. The summed E-state index contributed by atoms with van der Waals surface area (Å²) in [6.45, 7) is 6.52. The van der Waals surface area contributed by atoms with Crippen LogP contribution in [0.5, 0.6) is 0 Å². The average molecular weight is 458 g/mol. The second-order valence-electron chi connectivity index (χ2n) is 9.50. The molecule has 3 rings (SSSR count). The van der Waals surface area contributed by atoms with Crippen LogP contribution in [0.1, 0.15) is 61.3 Å². The second kappa shape index (κ2) is 8.82. The lowest BCUT2D eigenvalue weighted by molar-refractivity contribution is -0.138. The van der Waals surface area contributed by atoms with Crippen molar-refractivity contribution in [1.82, 2.24) is 4.90 Å². The lowest BCUT2D eigenvalue weighted by Crippen LogP contribution is -2.52. The molecule has 2 aliphatic rings. The lowest BCUT2D eigenvalue weighted by Gasteiger charge is -2.48. The fraction of sp³-hybridized carbons (Fsp3) is 0.560. The molecule has 0 N–H and O–H groups in total. The van der Waals surface area contributed by atoms with Gasteiger partial charge in [-0.1, -0.05) is 5.92 Å². The van der Waals surface area contributed by atoms with Crippen LogP contribution in [0.4, 0.5) is 0 Å². The normalized spacial score (nSPS) is 22.9. The van der Waals surface area contributed by atoms with Gasteiger partial charge in [-0.15, -0.1) is 5.92 Å². The van der Waals surface area contributed by atoms with E-state index in [1.165, 1.54) is 0 Å². The first-order chi connectivity index (χ1) is 15.0. The summed E-state index contributed by atoms with van der Waals surface area (Å²) in [6, 6.07) is 3.88. The van der Waals surface area contributed by atoms with Gasteiger partial charge in [-0.05, 0) is 80.7 Å². The topological polar surface area (TPSA) is 88.6 Å². The number of sulfone groups is 1. The van der Waals surface area contributed by atoms with Gasteiger partial charge in [0.05, 0.1) is 0 Å². The van der Waals surface area contributed by atoms with Crippen molar-refractivity contribution in [3.63, 3.8) is 0 Å². The molecule has 1 unspecified atom stereocenters. The van der Waals surface area contributed by atoms with Crippen LogP contribution in [0.2, 0.25) is 0 Å². The molecule has 32 heavy (non-hydrogen) atoms. The first-order valence-corrected chi connectivity index (χ1v) is 13.0. The number of aryl methyl sites for hydroxylation is 2. The van der Waals surface area contributed by atoms with Gasteiger partial charge >= 0.3 is 0 Å². The van der Waals surface area contributed by atoms with Crippen molar-refractivity contribution in [3.8, 4) is 11.8 Å². The Kier molecular flexibility index (Phi) is 6.67. The van der Waals surface area contributed by atoms with Crippen LogP contribution in [-0.2, 0) is 29.6 Å². The first kappa shape index (κ1) is 24.2. The molecule has 1 saturated heterocycles. The van der Waals surface area contributed by atoms with Gasteiger partial charge < -0.3 is 9.69 Å². The number of amides is 1. The van der Waals surface area contributed by atoms with Gasteiger partial charge in [0.25, 0.3) is 0 Å². The van der Waals surface area contributed by atoms with Gasteiger partial charge in [0.2, 0.25) is 5.91 Å². The molecule has 172 valence electrons. The number of carbonyl (C=O) groups excluding carboxylic acids is 3. The fourth-order valence-corrected chi connectivity index (χ4v) is 6.12. The van der Waals surface area contributed by atoms with Crippen molar-refractivity contribution in [2.24, 2.45) is 5.41 Å². The Balaban J connectivity index is 1.80. The van der Waals surface area contributed by atoms with Gasteiger partial charge in [-0.3, -0.25) is 9.59 Å². The van der Waals surface area contributed by atoms with Crippen LogP contribution >= 0.6 is 0 Å². The Morgan fingerprint density at radius 3 is 2.19 bits per heavy atom. The number of nitrogens with zero attached hydrogens (tertiary/aromatic N) is 1. The summed E-state index contributed by atoms with van der Waals surface area (Å²) in [7, 11) is -3.37. The zero-order valence-corrected chi connectivity index (χ0v) is 20.1. The molecule has 1 amide bonds. The van der Waals surface area contributed by atoms with Gasteiger partial charge in [0, 0.05) is 31.3 Å². The largest absolute Gasteiger partial charge is 0.342 e. The number of benzene rings is 1. The van der Waals surface area contributed by atoms with Crippen LogP contribution in [-0.4, -0.2) is 56.4 Å². The molecule has 1 spiro atoms. The molecule has 0 bridgehead atoms. The highest BCUT2D eigenvalue weighted by molar-refractivity contribution is 7.91. The van der Waals surface area contributed by atoms with Gasteiger partial charge in [0.15, 0.2) is 15.6 Å².